The first-order valence-corrected chi connectivity index (χ1v) is 8.57. The summed E-state index contributed by atoms with van der Waals surface area (Å²) in [5.41, 5.74) is 4.92. The lowest BCUT2D eigenvalue weighted by molar-refractivity contribution is 0.970. The Balaban J connectivity index is 2.15. The van der Waals surface area contributed by atoms with Crippen LogP contribution < -0.4 is 5.32 Å². The number of rotatable bonds is 4. The average molecular weight is 393 g/mol. The van der Waals surface area contributed by atoms with Gasteiger partial charge in [0.05, 0.1) is 9.26 Å². The maximum absolute atomic E-state index is 4.89. The Hall–Kier alpha value is -1.17. The highest BCUT2D eigenvalue weighted by atomic mass is 127. The normalized spacial score (nSPS) is 14.3. The number of halogens is 1. The minimum atomic E-state index is 0.626. The molecular formula is C17H20IN3. The summed E-state index contributed by atoms with van der Waals surface area (Å²) in [7, 11) is 0. The van der Waals surface area contributed by atoms with Gasteiger partial charge in [-0.05, 0) is 67.3 Å². The van der Waals surface area contributed by atoms with Crippen molar-refractivity contribution < 1.29 is 0 Å². The lowest BCUT2D eigenvalue weighted by atomic mass is 10.0. The number of anilines is 1. The van der Waals surface area contributed by atoms with Crippen LogP contribution in [0, 0.1) is 17.4 Å². The fourth-order valence-corrected chi connectivity index (χ4v) is 3.36. The Kier molecular flexibility index (Phi) is 4.15. The van der Waals surface area contributed by atoms with Crippen LogP contribution in [0.4, 0.5) is 5.82 Å². The van der Waals surface area contributed by atoms with Gasteiger partial charge in [0.2, 0.25) is 0 Å². The topological polar surface area (TPSA) is 37.8 Å². The van der Waals surface area contributed by atoms with Crippen LogP contribution >= 0.6 is 22.6 Å². The van der Waals surface area contributed by atoms with Crippen LogP contribution in [-0.4, -0.2) is 16.5 Å². The van der Waals surface area contributed by atoms with Gasteiger partial charge in [-0.3, -0.25) is 0 Å². The molecule has 1 saturated carbocycles. The van der Waals surface area contributed by atoms with Crippen LogP contribution in [0.5, 0.6) is 0 Å². The number of hydrogen-bond acceptors (Lipinski definition) is 3. The molecule has 1 heterocycles. The number of hydrogen-bond donors (Lipinski definition) is 1. The van der Waals surface area contributed by atoms with Crippen LogP contribution in [0.3, 0.4) is 0 Å². The molecule has 1 N–H and O–H groups in total. The van der Waals surface area contributed by atoms with Crippen molar-refractivity contribution in [1.82, 2.24) is 9.97 Å². The summed E-state index contributed by atoms with van der Waals surface area (Å²) in [6.07, 6.45) is 2.51. The first-order valence-electron chi connectivity index (χ1n) is 7.49. The third-order valence-corrected chi connectivity index (χ3v) is 5.09. The Morgan fingerprint density at radius 2 is 2.00 bits per heavy atom. The van der Waals surface area contributed by atoms with Crippen LogP contribution in [-0.2, 0) is 0 Å². The quantitative estimate of drug-likeness (QED) is 0.767. The molecule has 21 heavy (non-hydrogen) atoms. The predicted molar refractivity (Wildman–Crippen MR) is 95.8 cm³/mol. The van der Waals surface area contributed by atoms with Crippen molar-refractivity contribution in [1.29, 1.82) is 0 Å². The van der Waals surface area contributed by atoms with E-state index in [9.17, 15) is 0 Å². The SMILES string of the molecule is CCNc1nc(-c2cccc(C)c2C)nc(C2CC2)c1I. The number of aromatic nitrogens is 2. The smallest absolute Gasteiger partial charge is 0.162 e. The highest BCUT2D eigenvalue weighted by molar-refractivity contribution is 14.1. The Morgan fingerprint density at radius 3 is 2.67 bits per heavy atom. The van der Waals surface area contributed by atoms with E-state index >= 15 is 0 Å². The van der Waals surface area contributed by atoms with Gasteiger partial charge in [-0.25, -0.2) is 9.97 Å². The third kappa shape index (κ3) is 2.91. The first kappa shape index (κ1) is 14.8. The highest BCUT2D eigenvalue weighted by Gasteiger charge is 2.29. The molecule has 0 saturated heterocycles. The van der Waals surface area contributed by atoms with Crippen molar-refractivity contribution in [2.45, 2.75) is 39.5 Å². The zero-order chi connectivity index (χ0) is 15.0. The molecule has 0 amide bonds. The largest absolute Gasteiger partial charge is 0.369 e. The summed E-state index contributed by atoms with van der Waals surface area (Å²) in [6, 6.07) is 6.35. The van der Waals surface area contributed by atoms with E-state index in [2.05, 4.69) is 66.9 Å². The molecule has 0 atom stereocenters. The van der Waals surface area contributed by atoms with Crippen molar-refractivity contribution in [3.05, 3.63) is 38.6 Å². The molecule has 3 rings (SSSR count). The van der Waals surface area contributed by atoms with Gasteiger partial charge in [0.1, 0.15) is 5.82 Å². The molecule has 1 fully saturated rings. The third-order valence-electron chi connectivity index (χ3n) is 4.03. The Labute approximate surface area is 139 Å². The summed E-state index contributed by atoms with van der Waals surface area (Å²) in [6.45, 7) is 7.27. The highest BCUT2D eigenvalue weighted by Crippen LogP contribution is 2.43. The van der Waals surface area contributed by atoms with Gasteiger partial charge in [-0.2, -0.15) is 0 Å². The van der Waals surface area contributed by atoms with Gasteiger partial charge in [-0.15, -0.1) is 0 Å². The van der Waals surface area contributed by atoms with Gasteiger partial charge >= 0.3 is 0 Å². The van der Waals surface area contributed by atoms with Gasteiger partial charge < -0.3 is 5.32 Å². The molecule has 1 aromatic carbocycles. The van der Waals surface area contributed by atoms with E-state index in [1.807, 2.05) is 0 Å². The van der Waals surface area contributed by atoms with Crippen molar-refractivity contribution in [2.75, 3.05) is 11.9 Å². The molecule has 0 bridgehead atoms. The van der Waals surface area contributed by atoms with Gasteiger partial charge in [0, 0.05) is 18.0 Å². The zero-order valence-corrected chi connectivity index (χ0v) is 14.9. The minimum absolute atomic E-state index is 0.626. The average Bonchev–Trinajstić information content (AvgIpc) is 3.29. The summed E-state index contributed by atoms with van der Waals surface area (Å²) >= 11 is 2.38. The number of benzene rings is 1. The standard InChI is InChI=1S/C17H20IN3/c1-4-19-17-14(18)15(12-8-9-12)20-16(21-17)13-7-5-6-10(2)11(13)3/h5-7,12H,4,8-9H2,1-3H3,(H,19,20,21). The predicted octanol–water partition coefficient (Wildman–Crippen LogP) is 4.67. The fraction of sp³-hybridized carbons (Fsp3) is 0.412. The second-order valence-corrected chi connectivity index (χ2v) is 6.73. The zero-order valence-electron chi connectivity index (χ0n) is 12.7. The first-order chi connectivity index (χ1) is 10.1. The molecule has 3 nitrogen and oxygen atoms in total. The van der Waals surface area contributed by atoms with Crippen LogP contribution in [0.2, 0.25) is 0 Å². The molecule has 4 heteroatoms. The summed E-state index contributed by atoms with van der Waals surface area (Å²) < 4.78 is 1.19. The maximum Gasteiger partial charge on any atom is 0.162 e. The van der Waals surface area contributed by atoms with E-state index in [-0.39, 0.29) is 0 Å². The summed E-state index contributed by atoms with van der Waals surface area (Å²) in [5.74, 6) is 2.46. The molecule has 2 aromatic rings. The molecule has 1 aliphatic rings. The van der Waals surface area contributed by atoms with Crippen molar-refractivity contribution in [3.8, 4) is 11.4 Å². The summed E-state index contributed by atoms with van der Waals surface area (Å²) in [5, 5.41) is 3.38. The van der Waals surface area contributed by atoms with E-state index in [4.69, 9.17) is 9.97 Å². The maximum atomic E-state index is 4.89. The monoisotopic (exact) mass is 393 g/mol. The second-order valence-electron chi connectivity index (χ2n) is 5.65. The molecule has 0 aliphatic heterocycles. The van der Waals surface area contributed by atoms with E-state index in [0.29, 0.717) is 5.92 Å². The molecule has 0 spiro atoms. The van der Waals surface area contributed by atoms with Crippen molar-refractivity contribution in [3.63, 3.8) is 0 Å². The van der Waals surface area contributed by atoms with Gasteiger partial charge in [-0.1, -0.05) is 18.2 Å². The molecular weight excluding hydrogens is 373 g/mol. The van der Waals surface area contributed by atoms with Crippen LogP contribution in [0.1, 0.15) is 42.5 Å². The van der Waals surface area contributed by atoms with E-state index in [1.165, 1.54) is 33.2 Å². The second kappa shape index (κ2) is 5.91. The molecule has 0 radical (unpaired) electrons. The number of aryl methyl sites for hydroxylation is 1. The van der Waals surface area contributed by atoms with Crippen molar-refractivity contribution >= 4 is 28.4 Å². The van der Waals surface area contributed by atoms with Crippen LogP contribution in [0.25, 0.3) is 11.4 Å². The van der Waals surface area contributed by atoms with Gasteiger partial charge in [0.25, 0.3) is 0 Å². The number of nitrogens with zero attached hydrogens (tertiary/aromatic N) is 2. The van der Waals surface area contributed by atoms with Crippen molar-refractivity contribution in [2.24, 2.45) is 0 Å². The lowest BCUT2D eigenvalue weighted by Gasteiger charge is -2.14. The minimum Gasteiger partial charge on any atom is -0.369 e. The van der Waals surface area contributed by atoms with E-state index in [0.717, 1.165) is 23.8 Å². The molecule has 110 valence electrons. The summed E-state index contributed by atoms with van der Waals surface area (Å²) in [4.78, 5) is 9.67. The number of nitrogens with one attached hydrogen (secondary N) is 1. The fourth-order valence-electron chi connectivity index (χ4n) is 2.49. The Morgan fingerprint density at radius 1 is 1.24 bits per heavy atom. The van der Waals surface area contributed by atoms with Gasteiger partial charge in [0.15, 0.2) is 5.82 Å². The molecule has 1 aliphatic carbocycles. The molecule has 1 aromatic heterocycles. The Bertz CT molecular complexity index is 678. The van der Waals surface area contributed by atoms with E-state index in [1.54, 1.807) is 0 Å². The van der Waals surface area contributed by atoms with Crippen LogP contribution in [0.15, 0.2) is 18.2 Å². The lowest BCUT2D eigenvalue weighted by Crippen LogP contribution is -2.08. The van der Waals surface area contributed by atoms with E-state index < -0.39 is 0 Å². The molecule has 0 unspecified atom stereocenters.